The minimum Gasteiger partial charge on any atom is -0.384 e. The van der Waals surface area contributed by atoms with Crippen molar-refractivity contribution in [1.82, 2.24) is 5.32 Å². The maximum Gasteiger partial charge on any atom is 0.0520 e. The highest BCUT2D eigenvalue weighted by Gasteiger charge is 2.66. The molecule has 3 aliphatic rings. The maximum atomic E-state index is 5.15. The zero-order valence-electron chi connectivity index (χ0n) is 6.74. The summed E-state index contributed by atoms with van der Waals surface area (Å²) in [5.74, 6) is 0. The smallest absolute Gasteiger partial charge is 0.0520 e. The summed E-state index contributed by atoms with van der Waals surface area (Å²) >= 11 is 0. The molecule has 58 valence electrons. The molecule has 2 bridgehead atoms. The molecule has 0 spiro atoms. The van der Waals surface area contributed by atoms with E-state index >= 15 is 0 Å². The molecule has 0 aliphatic heterocycles. The van der Waals surface area contributed by atoms with Crippen LogP contribution in [0.2, 0.25) is 0 Å². The van der Waals surface area contributed by atoms with Crippen LogP contribution in [0, 0.1) is 5.41 Å². The lowest BCUT2D eigenvalue weighted by Crippen LogP contribution is -2.74. The molecule has 2 heteroatoms. The highest BCUT2D eigenvalue weighted by atomic mass is 16.5. The van der Waals surface area contributed by atoms with Gasteiger partial charge in [-0.05, 0) is 31.7 Å². The second kappa shape index (κ2) is 1.74. The van der Waals surface area contributed by atoms with Crippen LogP contribution < -0.4 is 5.32 Å². The third-order valence-corrected chi connectivity index (χ3v) is 3.12. The van der Waals surface area contributed by atoms with Gasteiger partial charge in [-0.1, -0.05) is 0 Å². The Morgan fingerprint density at radius 2 is 2.00 bits per heavy atom. The molecule has 0 aromatic rings. The number of ether oxygens (including phenoxy) is 1. The van der Waals surface area contributed by atoms with E-state index in [0.29, 0.717) is 11.0 Å². The molecule has 0 radical (unpaired) electrons. The Bertz CT molecular complexity index is 136. The molecule has 0 aromatic carbocycles. The zero-order valence-corrected chi connectivity index (χ0v) is 6.74. The lowest BCUT2D eigenvalue weighted by Gasteiger charge is -2.70. The highest BCUT2D eigenvalue weighted by molar-refractivity contribution is 5.22. The number of hydrogen-bond donors (Lipinski definition) is 1. The Balaban J connectivity index is 1.86. The third-order valence-electron chi connectivity index (χ3n) is 3.12. The first kappa shape index (κ1) is 6.62. The Morgan fingerprint density at radius 3 is 2.40 bits per heavy atom. The van der Waals surface area contributed by atoms with Crippen molar-refractivity contribution in [1.29, 1.82) is 0 Å². The summed E-state index contributed by atoms with van der Waals surface area (Å²) in [6.45, 7) is 0.969. The van der Waals surface area contributed by atoms with Gasteiger partial charge in [0.05, 0.1) is 6.61 Å². The van der Waals surface area contributed by atoms with Crippen LogP contribution in [0.5, 0.6) is 0 Å². The lowest BCUT2D eigenvalue weighted by atomic mass is 9.40. The van der Waals surface area contributed by atoms with E-state index in [0.717, 1.165) is 6.61 Å². The summed E-state index contributed by atoms with van der Waals surface area (Å²) in [7, 11) is 3.86. The second-order valence-corrected chi connectivity index (χ2v) is 3.99. The number of methoxy groups -OCH3 is 1. The van der Waals surface area contributed by atoms with E-state index in [1.807, 2.05) is 0 Å². The first-order valence-corrected chi connectivity index (χ1v) is 3.92. The Kier molecular flexibility index (Phi) is 1.15. The first-order chi connectivity index (χ1) is 4.74. The van der Waals surface area contributed by atoms with Crippen molar-refractivity contribution in [2.45, 2.75) is 24.8 Å². The third kappa shape index (κ3) is 0.611. The summed E-state index contributed by atoms with van der Waals surface area (Å²) in [5, 5.41) is 3.37. The molecular formula is C8H15NO. The molecule has 3 rings (SSSR count). The molecule has 3 aliphatic carbocycles. The van der Waals surface area contributed by atoms with Crippen LogP contribution >= 0.6 is 0 Å². The van der Waals surface area contributed by atoms with E-state index in [-0.39, 0.29) is 0 Å². The van der Waals surface area contributed by atoms with Crippen molar-refractivity contribution in [3.63, 3.8) is 0 Å². The average molecular weight is 141 g/mol. The van der Waals surface area contributed by atoms with Crippen LogP contribution in [0.1, 0.15) is 19.3 Å². The molecule has 0 saturated heterocycles. The van der Waals surface area contributed by atoms with Crippen LogP contribution in [-0.4, -0.2) is 26.3 Å². The van der Waals surface area contributed by atoms with Gasteiger partial charge in [-0.15, -0.1) is 0 Å². The molecule has 10 heavy (non-hydrogen) atoms. The molecule has 0 atom stereocenters. The number of nitrogens with one attached hydrogen (secondary N) is 1. The van der Waals surface area contributed by atoms with Gasteiger partial charge in [0.2, 0.25) is 0 Å². The van der Waals surface area contributed by atoms with Crippen molar-refractivity contribution >= 4 is 0 Å². The van der Waals surface area contributed by atoms with Crippen LogP contribution in [0.3, 0.4) is 0 Å². The van der Waals surface area contributed by atoms with Gasteiger partial charge < -0.3 is 10.1 Å². The molecule has 3 saturated carbocycles. The van der Waals surface area contributed by atoms with Crippen LogP contribution in [0.4, 0.5) is 0 Å². The maximum absolute atomic E-state index is 5.15. The fraction of sp³-hybridized carbons (Fsp3) is 1.00. The highest BCUT2D eigenvalue weighted by Crippen LogP contribution is 2.66. The molecule has 2 nitrogen and oxygen atoms in total. The summed E-state index contributed by atoms with van der Waals surface area (Å²) < 4.78 is 5.15. The Morgan fingerprint density at radius 1 is 1.40 bits per heavy atom. The largest absolute Gasteiger partial charge is 0.384 e. The van der Waals surface area contributed by atoms with Crippen LogP contribution in [-0.2, 0) is 4.74 Å². The van der Waals surface area contributed by atoms with Crippen LogP contribution in [0.25, 0.3) is 0 Å². The first-order valence-electron chi connectivity index (χ1n) is 3.92. The van der Waals surface area contributed by atoms with Crippen molar-refractivity contribution in [3.05, 3.63) is 0 Å². The normalized spacial score (nSPS) is 49.8. The van der Waals surface area contributed by atoms with E-state index in [4.69, 9.17) is 4.74 Å². The van der Waals surface area contributed by atoms with Crippen molar-refractivity contribution in [3.8, 4) is 0 Å². The molecular weight excluding hydrogens is 126 g/mol. The fourth-order valence-corrected chi connectivity index (χ4v) is 2.72. The predicted octanol–water partition coefficient (Wildman–Crippen LogP) is 0.775. The van der Waals surface area contributed by atoms with Gasteiger partial charge in [-0.25, -0.2) is 0 Å². The van der Waals surface area contributed by atoms with Gasteiger partial charge in [0.1, 0.15) is 0 Å². The monoisotopic (exact) mass is 141 g/mol. The summed E-state index contributed by atoms with van der Waals surface area (Å²) in [5.41, 5.74) is 1.14. The van der Waals surface area contributed by atoms with Gasteiger partial charge in [0.25, 0.3) is 0 Å². The second-order valence-electron chi connectivity index (χ2n) is 3.99. The molecule has 0 heterocycles. The van der Waals surface area contributed by atoms with Gasteiger partial charge in [0.15, 0.2) is 0 Å². The Hall–Kier alpha value is -0.0800. The quantitative estimate of drug-likeness (QED) is 0.627. The van der Waals surface area contributed by atoms with E-state index in [2.05, 4.69) is 12.4 Å². The standard InChI is InChI=1S/C8H15NO/c1-9-8-3-7(4-8,5-8)6-10-2/h9H,3-6H2,1-2H3. The minimum absolute atomic E-state index is 0.540. The van der Waals surface area contributed by atoms with Crippen molar-refractivity contribution in [2.24, 2.45) is 5.41 Å². The number of rotatable bonds is 3. The van der Waals surface area contributed by atoms with E-state index < -0.39 is 0 Å². The van der Waals surface area contributed by atoms with Crippen molar-refractivity contribution in [2.75, 3.05) is 20.8 Å². The van der Waals surface area contributed by atoms with Gasteiger partial charge in [0, 0.05) is 12.6 Å². The van der Waals surface area contributed by atoms with E-state index in [9.17, 15) is 0 Å². The predicted molar refractivity (Wildman–Crippen MR) is 40.0 cm³/mol. The summed E-state index contributed by atoms with van der Waals surface area (Å²) in [6, 6.07) is 0. The molecule has 1 N–H and O–H groups in total. The summed E-state index contributed by atoms with van der Waals surface area (Å²) in [6.07, 6.45) is 4.01. The lowest BCUT2D eigenvalue weighted by molar-refractivity contribution is -0.181. The van der Waals surface area contributed by atoms with Crippen LogP contribution in [0.15, 0.2) is 0 Å². The molecule has 0 amide bonds. The molecule has 0 aromatic heterocycles. The zero-order chi connectivity index (χ0) is 7.24. The topological polar surface area (TPSA) is 21.3 Å². The molecule has 3 fully saturated rings. The SMILES string of the molecule is CNC12CC(COC)(C1)C2. The number of hydrogen-bond acceptors (Lipinski definition) is 2. The van der Waals surface area contributed by atoms with E-state index in [1.165, 1.54) is 19.3 Å². The summed E-state index contributed by atoms with van der Waals surface area (Å²) in [4.78, 5) is 0. The van der Waals surface area contributed by atoms with E-state index in [1.54, 1.807) is 7.11 Å². The van der Waals surface area contributed by atoms with Crippen molar-refractivity contribution < 1.29 is 4.74 Å². The average Bonchev–Trinajstić information content (AvgIpc) is 1.74. The molecule has 0 unspecified atom stereocenters. The van der Waals surface area contributed by atoms with Gasteiger partial charge in [-0.3, -0.25) is 0 Å². The fourth-order valence-electron chi connectivity index (χ4n) is 2.72. The minimum atomic E-state index is 0.540. The Labute approximate surface area is 61.9 Å². The van der Waals surface area contributed by atoms with Gasteiger partial charge >= 0.3 is 0 Å². The van der Waals surface area contributed by atoms with Gasteiger partial charge in [-0.2, -0.15) is 0 Å².